The second-order valence-electron chi connectivity index (χ2n) is 6.64. The van der Waals surface area contributed by atoms with Crippen molar-refractivity contribution in [2.45, 2.75) is 18.4 Å². The maximum Gasteiger partial charge on any atom is 0.433 e. The van der Waals surface area contributed by atoms with Crippen molar-refractivity contribution in [1.82, 2.24) is 19.9 Å². The number of alkyl halides is 6. The molecule has 0 saturated heterocycles. The van der Waals surface area contributed by atoms with Gasteiger partial charge in [0.15, 0.2) is 0 Å². The molecule has 0 aliphatic rings. The third-order valence-corrected chi connectivity index (χ3v) is 4.04. The standard InChI is InChI=1S/C19H16F6N6O3/c20-18(21,22)10-3-1-4-11(7-10)26-15-29-16(27-12(8-32)9-33)31-17(30-15)34-14-6-2-5-13(28-14)19(23,24)25/h1-7,12,32-33H,8-9H2,(H2,26,27,29,30,31). The summed E-state index contributed by atoms with van der Waals surface area (Å²) in [7, 11) is 0. The molecule has 15 heteroatoms. The van der Waals surface area contributed by atoms with Gasteiger partial charge in [-0.1, -0.05) is 12.1 Å². The number of ether oxygens (including phenoxy) is 1. The van der Waals surface area contributed by atoms with Gasteiger partial charge in [0, 0.05) is 11.8 Å². The molecular formula is C19H16F6N6O3. The fraction of sp³-hybridized carbons (Fsp3) is 0.263. The van der Waals surface area contributed by atoms with E-state index in [1.807, 2.05) is 0 Å². The van der Waals surface area contributed by atoms with Crippen LogP contribution in [-0.4, -0.2) is 49.4 Å². The van der Waals surface area contributed by atoms with E-state index in [0.717, 1.165) is 36.4 Å². The van der Waals surface area contributed by atoms with Crippen LogP contribution in [0.25, 0.3) is 0 Å². The summed E-state index contributed by atoms with van der Waals surface area (Å²) in [6, 6.07) is 5.46. The van der Waals surface area contributed by atoms with Gasteiger partial charge < -0.3 is 25.6 Å². The predicted molar refractivity (Wildman–Crippen MR) is 105 cm³/mol. The molecule has 0 saturated carbocycles. The smallest absolute Gasteiger partial charge is 0.405 e. The van der Waals surface area contributed by atoms with Crippen LogP contribution < -0.4 is 15.4 Å². The lowest BCUT2D eigenvalue weighted by molar-refractivity contribution is -0.141. The zero-order valence-electron chi connectivity index (χ0n) is 16.9. The zero-order valence-corrected chi connectivity index (χ0v) is 16.9. The summed E-state index contributed by atoms with van der Waals surface area (Å²) in [5.41, 5.74) is -2.24. The number of rotatable bonds is 8. The van der Waals surface area contributed by atoms with E-state index in [1.165, 1.54) is 6.07 Å². The minimum Gasteiger partial charge on any atom is -0.405 e. The molecule has 0 unspecified atom stereocenters. The van der Waals surface area contributed by atoms with Crippen LogP contribution in [0.5, 0.6) is 11.9 Å². The molecule has 2 heterocycles. The number of nitrogens with zero attached hydrogens (tertiary/aromatic N) is 4. The quantitative estimate of drug-likeness (QED) is 0.351. The molecular weight excluding hydrogens is 474 g/mol. The van der Waals surface area contributed by atoms with Crippen LogP contribution in [0.4, 0.5) is 43.9 Å². The molecule has 0 aliphatic carbocycles. The summed E-state index contributed by atoms with van der Waals surface area (Å²) >= 11 is 0. The number of pyridine rings is 1. The minimum atomic E-state index is -4.74. The second-order valence-corrected chi connectivity index (χ2v) is 6.64. The van der Waals surface area contributed by atoms with Crippen LogP contribution in [-0.2, 0) is 12.4 Å². The van der Waals surface area contributed by atoms with Gasteiger partial charge in [0.05, 0.1) is 24.8 Å². The van der Waals surface area contributed by atoms with Gasteiger partial charge in [-0.05, 0) is 24.3 Å². The fourth-order valence-electron chi connectivity index (χ4n) is 2.48. The Kier molecular flexibility index (Phi) is 7.36. The second kappa shape index (κ2) is 10.0. The molecule has 0 radical (unpaired) electrons. The Hall–Kier alpha value is -3.72. The van der Waals surface area contributed by atoms with E-state index in [0.29, 0.717) is 0 Å². The van der Waals surface area contributed by atoms with E-state index < -0.39 is 54.8 Å². The summed E-state index contributed by atoms with van der Waals surface area (Å²) in [6.07, 6.45) is -9.35. The SMILES string of the molecule is OCC(CO)Nc1nc(Nc2cccc(C(F)(F)F)c2)nc(Oc2cccc(C(F)(F)F)n2)n1. The number of aliphatic hydroxyl groups is 2. The van der Waals surface area contributed by atoms with Gasteiger partial charge in [0.1, 0.15) is 5.69 Å². The van der Waals surface area contributed by atoms with Gasteiger partial charge in [0.2, 0.25) is 17.8 Å². The van der Waals surface area contributed by atoms with E-state index in [9.17, 15) is 36.6 Å². The van der Waals surface area contributed by atoms with Gasteiger partial charge in [0.25, 0.3) is 0 Å². The number of aromatic nitrogens is 4. The van der Waals surface area contributed by atoms with Crippen LogP contribution in [0.15, 0.2) is 42.5 Å². The number of nitrogens with one attached hydrogen (secondary N) is 2. The molecule has 1 aromatic carbocycles. The molecule has 9 nitrogen and oxygen atoms in total. The molecule has 2 aromatic heterocycles. The molecule has 182 valence electrons. The Morgan fingerprint density at radius 1 is 0.824 bits per heavy atom. The lowest BCUT2D eigenvalue weighted by Crippen LogP contribution is -2.29. The summed E-state index contributed by atoms with van der Waals surface area (Å²) in [5.74, 6) is -1.15. The Balaban J connectivity index is 1.94. The van der Waals surface area contributed by atoms with Crippen molar-refractivity contribution >= 4 is 17.6 Å². The molecule has 0 bridgehead atoms. The highest BCUT2D eigenvalue weighted by atomic mass is 19.4. The van der Waals surface area contributed by atoms with Crippen molar-refractivity contribution in [3.05, 3.63) is 53.7 Å². The lowest BCUT2D eigenvalue weighted by Gasteiger charge is -2.15. The van der Waals surface area contributed by atoms with Gasteiger partial charge in [-0.15, -0.1) is 0 Å². The fourth-order valence-corrected chi connectivity index (χ4v) is 2.48. The first-order valence-electron chi connectivity index (χ1n) is 9.38. The van der Waals surface area contributed by atoms with E-state index in [4.69, 9.17) is 4.74 Å². The molecule has 0 spiro atoms. The van der Waals surface area contributed by atoms with Gasteiger partial charge in [-0.2, -0.15) is 41.3 Å². The number of hydrogen-bond donors (Lipinski definition) is 4. The van der Waals surface area contributed by atoms with Crippen molar-refractivity contribution in [3.8, 4) is 11.9 Å². The lowest BCUT2D eigenvalue weighted by atomic mass is 10.2. The van der Waals surface area contributed by atoms with Crippen LogP contribution in [0.3, 0.4) is 0 Å². The molecule has 3 aromatic rings. The predicted octanol–water partition coefficient (Wildman–Crippen LogP) is 3.61. The Morgan fingerprint density at radius 2 is 1.50 bits per heavy atom. The van der Waals surface area contributed by atoms with Crippen molar-refractivity contribution in [2.75, 3.05) is 23.8 Å². The topological polar surface area (TPSA) is 125 Å². The van der Waals surface area contributed by atoms with E-state index in [1.54, 1.807) is 0 Å². The molecule has 0 amide bonds. The molecule has 4 N–H and O–H groups in total. The molecule has 34 heavy (non-hydrogen) atoms. The van der Waals surface area contributed by atoms with Crippen molar-refractivity contribution in [2.24, 2.45) is 0 Å². The first-order valence-corrected chi connectivity index (χ1v) is 9.38. The highest BCUT2D eigenvalue weighted by Crippen LogP contribution is 2.32. The van der Waals surface area contributed by atoms with Crippen LogP contribution >= 0.6 is 0 Å². The van der Waals surface area contributed by atoms with Crippen LogP contribution in [0, 0.1) is 0 Å². The number of aliphatic hydroxyl groups excluding tert-OH is 2. The van der Waals surface area contributed by atoms with E-state index in [2.05, 4.69) is 30.6 Å². The Morgan fingerprint density at radius 3 is 2.15 bits per heavy atom. The Labute approximate surface area is 187 Å². The molecule has 0 fully saturated rings. The van der Waals surface area contributed by atoms with Crippen LogP contribution in [0.1, 0.15) is 11.3 Å². The molecule has 0 atom stereocenters. The maximum absolute atomic E-state index is 13.0. The molecule has 0 aliphatic heterocycles. The maximum atomic E-state index is 13.0. The van der Waals surface area contributed by atoms with E-state index >= 15 is 0 Å². The van der Waals surface area contributed by atoms with E-state index in [-0.39, 0.29) is 17.6 Å². The first-order chi connectivity index (χ1) is 16.0. The van der Waals surface area contributed by atoms with Crippen molar-refractivity contribution < 1.29 is 41.3 Å². The largest absolute Gasteiger partial charge is 0.433 e. The number of hydrogen-bond acceptors (Lipinski definition) is 9. The molecule has 3 rings (SSSR count). The number of benzene rings is 1. The zero-order chi connectivity index (χ0) is 24.9. The first kappa shape index (κ1) is 24.9. The summed E-state index contributed by atoms with van der Waals surface area (Å²) in [6.45, 7) is -1.08. The van der Waals surface area contributed by atoms with Gasteiger partial charge in [-0.25, -0.2) is 4.98 Å². The minimum absolute atomic E-state index is 0.0593. The summed E-state index contributed by atoms with van der Waals surface area (Å²) in [4.78, 5) is 14.9. The Bertz CT molecular complexity index is 1050. The highest BCUT2D eigenvalue weighted by molar-refractivity contribution is 5.56. The third kappa shape index (κ3) is 6.64. The highest BCUT2D eigenvalue weighted by Gasteiger charge is 2.33. The van der Waals surface area contributed by atoms with Crippen molar-refractivity contribution in [1.29, 1.82) is 0 Å². The average molecular weight is 490 g/mol. The summed E-state index contributed by atoms with van der Waals surface area (Å²) in [5, 5.41) is 23.6. The van der Waals surface area contributed by atoms with Gasteiger partial charge >= 0.3 is 18.4 Å². The monoisotopic (exact) mass is 490 g/mol. The number of anilines is 3. The third-order valence-electron chi connectivity index (χ3n) is 4.04. The van der Waals surface area contributed by atoms with Crippen molar-refractivity contribution in [3.63, 3.8) is 0 Å². The number of halogens is 6. The van der Waals surface area contributed by atoms with Gasteiger partial charge in [-0.3, -0.25) is 0 Å². The summed E-state index contributed by atoms with van der Waals surface area (Å²) < 4.78 is 82.9. The van der Waals surface area contributed by atoms with Crippen LogP contribution in [0.2, 0.25) is 0 Å². The average Bonchev–Trinajstić information content (AvgIpc) is 2.76. The normalized spacial score (nSPS) is 12.0.